The summed E-state index contributed by atoms with van der Waals surface area (Å²) in [6, 6.07) is 8.99. The highest BCUT2D eigenvalue weighted by Gasteiger charge is 2.12. The molecule has 0 aliphatic heterocycles. The molecule has 2 amide bonds. The van der Waals surface area contributed by atoms with Crippen LogP contribution in [0.4, 0.5) is 0 Å². The Morgan fingerprint density at radius 2 is 1.71 bits per heavy atom. The highest BCUT2D eigenvalue weighted by molar-refractivity contribution is 6.01. The largest absolute Gasteiger partial charge is 0.465 e. The van der Waals surface area contributed by atoms with Gasteiger partial charge < -0.3 is 10.5 Å². The van der Waals surface area contributed by atoms with Crippen molar-refractivity contribution in [2.75, 3.05) is 12.5 Å². The number of hydrogen-bond acceptors (Lipinski definition) is 4. The van der Waals surface area contributed by atoms with Gasteiger partial charge in [0.15, 0.2) is 0 Å². The number of ether oxygens (including phenoxy) is 1. The summed E-state index contributed by atoms with van der Waals surface area (Å²) in [6.45, 7) is 0. The second-order valence-electron chi connectivity index (χ2n) is 4.14. The molecule has 3 N–H and O–H groups in total. The molecule has 0 spiro atoms. The molecule has 1 heterocycles. The van der Waals surface area contributed by atoms with E-state index in [0.29, 0.717) is 11.1 Å². The number of primary amides is 1. The number of benzene rings is 1. The van der Waals surface area contributed by atoms with Crippen LogP contribution in [0.15, 0.2) is 42.6 Å². The van der Waals surface area contributed by atoms with Crippen molar-refractivity contribution in [2.24, 2.45) is 5.73 Å². The predicted octanol–water partition coefficient (Wildman–Crippen LogP) is 0.757. The molecule has 1 aromatic heterocycles. The molecule has 2 rings (SSSR count). The molecule has 108 valence electrons. The Labute approximate surface area is 120 Å². The number of esters is 1. The third-order valence-electron chi connectivity index (χ3n) is 2.79. The van der Waals surface area contributed by atoms with E-state index in [1.54, 1.807) is 6.07 Å². The van der Waals surface area contributed by atoms with Gasteiger partial charge in [-0.15, -0.1) is 0 Å². The number of carbonyl (C=O) groups excluding carboxylic acids is 3. The minimum Gasteiger partial charge on any atom is -0.465 e. The lowest BCUT2D eigenvalue weighted by Gasteiger charge is -2.09. The van der Waals surface area contributed by atoms with E-state index in [2.05, 4.69) is 10.2 Å². The van der Waals surface area contributed by atoms with E-state index >= 15 is 0 Å². The van der Waals surface area contributed by atoms with Crippen molar-refractivity contribution in [3.63, 3.8) is 0 Å². The monoisotopic (exact) mass is 287 g/mol. The molecular formula is C14H13N3O4. The molecule has 7 heteroatoms. The second-order valence-corrected chi connectivity index (χ2v) is 4.14. The van der Waals surface area contributed by atoms with Crippen molar-refractivity contribution in [3.8, 4) is 0 Å². The molecule has 7 nitrogen and oxygen atoms in total. The molecule has 0 aliphatic rings. The fraction of sp³-hybridized carbons (Fsp3) is 0.0714. The van der Waals surface area contributed by atoms with E-state index in [1.165, 1.54) is 48.3 Å². The topological polar surface area (TPSA) is 103 Å². The van der Waals surface area contributed by atoms with Crippen molar-refractivity contribution < 1.29 is 19.1 Å². The van der Waals surface area contributed by atoms with Crippen LogP contribution in [0.2, 0.25) is 0 Å². The van der Waals surface area contributed by atoms with Gasteiger partial charge in [0, 0.05) is 11.8 Å². The molecule has 0 atom stereocenters. The van der Waals surface area contributed by atoms with Crippen molar-refractivity contribution in [2.45, 2.75) is 0 Å². The molecular weight excluding hydrogens is 274 g/mol. The zero-order valence-electron chi connectivity index (χ0n) is 11.2. The first kappa shape index (κ1) is 14.3. The van der Waals surface area contributed by atoms with Gasteiger partial charge in [0.05, 0.1) is 12.7 Å². The summed E-state index contributed by atoms with van der Waals surface area (Å²) >= 11 is 0. The van der Waals surface area contributed by atoms with Crippen LogP contribution in [0, 0.1) is 0 Å². The number of aromatic nitrogens is 1. The lowest BCUT2D eigenvalue weighted by molar-refractivity contribution is 0.0600. The summed E-state index contributed by atoms with van der Waals surface area (Å²) in [5.74, 6) is -1.57. The second kappa shape index (κ2) is 5.91. The summed E-state index contributed by atoms with van der Waals surface area (Å²) in [4.78, 5) is 34.5. The van der Waals surface area contributed by atoms with Gasteiger partial charge in [-0.1, -0.05) is 0 Å². The minimum atomic E-state index is -0.652. The number of amides is 2. The number of hydrogen-bond donors (Lipinski definition) is 2. The minimum absolute atomic E-state index is 0.162. The summed E-state index contributed by atoms with van der Waals surface area (Å²) in [5, 5.41) is 0. The maximum atomic E-state index is 12.0. The van der Waals surface area contributed by atoms with Crippen LogP contribution < -0.4 is 11.2 Å². The number of methoxy groups -OCH3 is 1. The van der Waals surface area contributed by atoms with E-state index in [4.69, 9.17) is 5.73 Å². The normalized spacial score (nSPS) is 9.95. The van der Waals surface area contributed by atoms with E-state index in [0.717, 1.165) is 0 Å². The summed E-state index contributed by atoms with van der Waals surface area (Å²) in [5.41, 5.74) is 8.52. The van der Waals surface area contributed by atoms with E-state index in [1.807, 2.05) is 0 Å². The van der Waals surface area contributed by atoms with Gasteiger partial charge in [0.1, 0.15) is 5.69 Å². The molecule has 0 bridgehead atoms. The van der Waals surface area contributed by atoms with Gasteiger partial charge in [-0.2, -0.15) is 0 Å². The highest BCUT2D eigenvalue weighted by Crippen LogP contribution is 2.07. The zero-order valence-corrected chi connectivity index (χ0v) is 11.2. The molecule has 0 unspecified atom stereocenters. The third kappa shape index (κ3) is 3.08. The maximum absolute atomic E-state index is 12.0. The Hall–Kier alpha value is -3.09. The smallest absolute Gasteiger partial charge is 0.337 e. The maximum Gasteiger partial charge on any atom is 0.337 e. The quantitative estimate of drug-likeness (QED) is 0.810. The Morgan fingerprint density at radius 3 is 2.29 bits per heavy atom. The zero-order chi connectivity index (χ0) is 15.4. The average Bonchev–Trinajstić information content (AvgIpc) is 2.95. The molecule has 0 aliphatic carbocycles. The van der Waals surface area contributed by atoms with Gasteiger partial charge in [-0.3, -0.25) is 19.7 Å². The first-order chi connectivity index (χ1) is 10.0. The number of rotatable bonds is 4. The fourth-order valence-electron chi connectivity index (χ4n) is 1.73. The SMILES string of the molecule is COC(=O)c1ccc(C(=O)Nn2cccc2C(N)=O)cc1. The summed E-state index contributed by atoms with van der Waals surface area (Å²) in [6.07, 6.45) is 1.50. The van der Waals surface area contributed by atoms with Crippen LogP contribution >= 0.6 is 0 Å². The fourth-order valence-corrected chi connectivity index (χ4v) is 1.73. The molecule has 1 aromatic carbocycles. The van der Waals surface area contributed by atoms with Gasteiger partial charge in [0.25, 0.3) is 11.8 Å². The molecule has 0 saturated carbocycles. The average molecular weight is 287 g/mol. The number of nitrogens with two attached hydrogens (primary N) is 1. The summed E-state index contributed by atoms with van der Waals surface area (Å²) in [7, 11) is 1.28. The van der Waals surface area contributed by atoms with Crippen LogP contribution in [0.1, 0.15) is 31.2 Å². The van der Waals surface area contributed by atoms with Crippen LogP contribution in [-0.4, -0.2) is 29.6 Å². The van der Waals surface area contributed by atoms with E-state index in [9.17, 15) is 14.4 Å². The molecule has 0 radical (unpaired) electrons. The standard InChI is InChI=1S/C14H13N3O4/c1-21-14(20)10-6-4-9(5-7-10)13(19)16-17-8-2-3-11(17)12(15)18/h2-8H,1H3,(H2,15,18)(H,16,19). The van der Waals surface area contributed by atoms with Crippen molar-refractivity contribution in [1.29, 1.82) is 0 Å². The van der Waals surface area contributed by atoms with Crippen molar-refractivity contribution in [3.05, 3.63) is 59.4 Å². The lowest BCUT2D eigenvalue weighted by atomic mass is 10.1. The molecule has 0 saturated heterocycles. The summed E-state index contributed by atoms with van der Waals surface area (Å²) < 4.78 is 5.80. The van der Waals surface area contributed by atoms with Gasteiger partial charge in [0.2, 0.25) is 0 Å². The van der Waals surface area contributed by atoms with Gasteiger partial charge >= 0.3 is 5.97 Å². The molecule has 0 fully saturated rings. The first-order valence-corrected chi connectivity index (χ1v) is 6.00. The van der Waals surface area contributed by atoms with Crippen molar-refractivity contribution in [1.82, 2.24) is 4.68 Å². The van der Waals surface area contributed by atoms with Crippen molar-refractivity contribution >= 4 is 17.8 Å². The van der Waals surface area contributed by atoms with Crippen LogP contribution in [0.25, 0.3) is 0 Å². The molecule has 21 heavy (non-hydrogen) atoms. The highest BCUT2D eigenvalue weighted by atomic mass is 16.5. The van der Waals surface area contributed by atoms with Gasteiger partial charge in [-0.25, -0.2) is 4.79 Å². The Bertz CT molecular complexity index is 688. The Morgan fingerprint density at radius 1 is 1.10 bits per heavy atom. The van der Waals surface area contributed by atoms with E-state index in [-0.39, 0.29) is 5.69 Å². The predicted molar refractivity (Wildman–Crippen MR) is 74.4 cm³/mol. The van der Waals surface area contributed by atoms with Crippen LogP contribution in [0.3, 0.4) is 0 Å². The van der Waals surface area contributed by atoms with E-state index < -0.39 is 17.8 Å². The molecule has 2 aromatic rings. The Kier molecular flexibility index (Phi) is 4.03. The number of nitrogens with one attached hydrogen (secondary N) is 1. The third-order valence-corrected chi connectivity index (χ3v) is 2.79. The van der Waals surface area contributed by atoms with Crippen LogP contribution in [-0.2, 0) is 4.74 Å². The number of nitrogens with zero attached hydrogens (tertiary/aromatic N) is 1. The Balaban J connectivity index is 2.15. The van der Waals surface area contributed by atoms with Crippen LogP contribution in [0.5, 0.6) is 0 Å². The lowest BCUT2D eigenvalue weighted by Crippen LogP contribution is -2.27. The number of carbonyl (C=O) groups is 3. The van der Waals surface area contributed by atoms with Gasteiger partial charge in [-0.05, 0) is 36.4 Å². The first-order valence-electron chi connectivity index (χ1n) is 6.00.